The molecule has 3 aromatic carbocycles. The minimum absolute atomic E-state index is 0.158. The van der Waals surface area contributed by atoms with Crippen LogP contribution in [-0.2, 0) is 20.8 Å². The molecule has 4 aromatic rings. The smallest absolute Gasteiger partial charge is 0.345 e. The molecule has 0 saturated carbocycles. The van der Waals surface area contributed by atoms with Crippen LogP contribution < -0.4 is 15.3 Å². The van der Waals surface area contributed by atoms with Crippen LogP contribution in [0.15, 0.2) is 70.1 Å². The van der Waals surface area contributed by atoms with Crippen LogP contribution in [0, 0.1) is 0 Å². The molecule has 0 bridgehead atoms. The summed E-state index contributed by atoms with van der Waals surface area (Å²) in [5, 5.41) is 12.2. The molecule has 2 aliphatic heterocycles. The van der Waals surface area contributed by atoms with Crippen molar-refractivity contribution in [2.45, 2.75) is 6.42 Å². The Morgan fingerprint density at radius 1 is 0.853 bits per heavy atom. The van der Waals surface area contributed by atoms with Crippen molar-refractivity contribution >= 4 is 45.3 Å². The highest BCUT2D eigenvalue weighted by Crippen LogP contribution is 2.47. The monoisotopic (exact) mass is 447 g/mol. The van der Waals surface area contributed by atoms with Gasteiger partial charge in [-0.05, 0) is 29.3 Å². The van der Waals surface area contributed by atoms with E-state index in [-0.39, 0.29) is 40.2 Å². The molecule has 0 radical (unpaired) electrons. The molecule has 3 heterocycles. The van der Waals surface area contributed by atoms with Gasteiger partial charge in [-0.2, -0.15) is 0 Å². The van der Waals surface area contributed by atoms with E-state index < -0.39 is 17.8 Å². The van der Waals surface area contributed by atoms with Gasteiger partial charge in [0.15, 0.2) is 5.78 Å². The van der Waals surface area contributed by atoms with E-state index in [1.54, 1.807) is 36.4 Å². The van der Waals surface area contributed by atoms with Gasteiger partial charge in [0.1, 0.15) is 11.3 Å². The van der Waals surface area contributed by atoms with Crippen molar-refractivity contribution in [1.82, 2.24) is 0 Å². The topological polar surface area (TPSA) is 106 Å². The number of ether oxygens (including phenoxy) is 1. The molecule has 0 unspecified atom stereocenters. The molecule has 0 atom stereocenters. The number of nitrogens with zero attached hydrogens (tertiary/aromatic N) is 1. The molecular formula is C27H13NO6. The normalized spacial score (nSPS) is 18.2. The maximum atomic E-state index is 12.9. The van der Waals surface area contributed by atoms with E-state index in [0.29, 0.717) is 32.7 Å². The Hall–Kier alpha value is -4.78. The SMILES string of the molecule is O=C1N=c2ccccc2=C1c1c(O)oc2cc3c(cc12)OC(=O)/C3=C1/C(=O)Cc2ccccc21. The number of fused-ring (bicyclic) bond motifs is 4. The Morgan fingerprint density at radius 3 is 2.53 bits per heavy atom. The first kappa shape index (κ1) is 18.8. The number of hydrogen-bond acceptors (Lipinski definition) is 6. The standard InChI is InChI=1S/C27H13NO6/c29-18-9-12-5-1-2-6-13(12)21(18)23-15-10-20-16(11-19(15)33-26(23)31)24(27(32)34-20)22-14-7-3-4-8-17(14)28-25(22)30/h1-8,10-11,32H,9H2/b23-21+. The number of furan rings is 1. The first-order valence-electron chi connectivity index (χ1n) is 10.6. The van der Waals surface area contributed by atoms with Gasteiger partial charge in [-0.3, -0.25) is 9.59 Å². The third-order valence-electron chi connectivity index (χ3n) is 6.47. The number of rotatable bonds is 1. The summed E-state index contributed by atoms with van der Waals surface area (Å²) in [5.74, 6) is -1.48. The Morgan fingerprint density at radius 2 is 1.65 bits per heavy atom. The fraction of sp³-hybridized carbons (Fsp3) is 0.0370. The summed E-state index contributed by atoms with van der Waals surface area (Å²) in [6.45, 7) is 0. The van der Waals surface area contributed by atoms with Crippen LogP contribution in [0.1, 0.15) is 22.3 Å². The van der Waals surface area contributed by atoms with E-state index in [9.17, 15) is 19.5 Å². The highest BCUT2D eigenvalue weighted by molar-refractivity contribution is 6.43. The molecule has 0 fully saturated rings. The highest BCUT2D eigenvalue weighted by atomic mass is 16.5. The van der Waals surface area contributed by atoms with Crippen molar-refractivity contribution in [1.29, 1.82) is 0 Å². The van der Waals surface area contributed by atoms with E-state index in [1.165, 1.54) is 0 Å². The highest BCUT2D eigenvalue weighted by Gasteiger charge is 2.38. The molecule has 1 aliphatic carbocycles. The van der Waals surface area contributed by atoms with Crippen molar-refractivity contribution in [3.63, 3.8) is 0 Å². The average molecular weight is 447 g/mol. The molecule has 7 rings (SSSR count). The lowest BCUT2D eigenvalue weighted by Gasteiger charge is -2.03. The second-order valence-corrected chi connectivity index (χ2v) is 8.33. The summed E-state index contributed by atoms with van der Waals surface area (Å²) >= 11 is 0. The third kappa shape index (κ3) is 2.35. The zero-order chi connectivity index (χ0) is 23.1. The summed E-state index contributed by atoms with van der Waals surface area (Å²) in [6.07, 6.45) is 0.217. The largest absolute Gasteiger partial charge is 0.480 e. The second kappa shape index (κ2) is 6.39. The van der Waals surface area contributed by atoms with Crippen LogP contribution in [0.4, 0.5) is 0 Å². The summed E-state index contributed by atoms with van der Waals surface area (Å²) in [5.41, 5.74) is 3.13. The lowest BCUT2D eigenvalue weighted by molar-refractivity contribution is -0.127. The van der Waals surface area contributed by atoms with Gasteiger partial charge in [-0.25, -0.2) is 9.79 Å². The fourth-order valence-electron chi connectivity index (χ4n) is 5.04. The molecular weight excluding hydrogens is 434 g/mol. The predicted octanol–water partition coefficient (Wildman–Crippen LogP) is 2.45. The summed E-state index contributed by atoms with van der Waals surface area (Å²) in [6, 6.07) is 17.5. The number of amides is 1. The minimum Gasteiger partial charge on any atom is -0.480 e. The number of para-hydroxylation sites is 1. The van der Waals surface area contributed by atoms with E-state index in [2.05, 4.69) is 4.99 Å². The molecule has 3 aliphatic rings. The van der Waals surface area contributed by atoms with Gasteiger partial charge in [-0.1, -0.05) is 42.5 Å². The molecule has 7 heteroatoms. The van der Waals surface area contributed by atoms with Gasteiger partial charge >= 0.3 is 5.97 Å². The Bertz CT molecular complexity index is 1820. The van der Waals surface area contributed by atoms with E-state index in [1.807, 2.05) is 24.3 Å². The summed E-state index contributed by atoms with van der Waals surface area (Å²) in [7, 11) is 0. The number of benzene rings is 3. The fourth-order valence-corrected chi connectivity index (χ4v) is 5.04. The molecule has 0 saturated heterocycles. The zero-order valence-electron chi connectivity index (χ0n) is 17.4. The van der Waals surface area contributed by atoms with Gasteiger partial charge in [-0.15, -0.1) is 0 Å². The molecule has 162 valence electrons. The Balaban J connectivity index is 1.50. The molecule has 0 spiro atoms. The molecule has 1 amide bonds. The number of Topliss-reactive ketones (excluding diaryl/α,β-unsaturated/α-hetero) is 1. The van der Waals surface area contributed by atoms with Crippen LogP contribution >= 0.6 is 0 Å². The van der Waals surface area contributed by atoms with Crippen molar-refractivity contribution in [3.8, 4) is 11.7 Å². The Kier molecular flexibility index (Phi) is 3.52. The summed E-state index contributed by atoms with van der Waals surface area (Å²) in [4.78, 5) is 42.5. The molecule has 1 N–H and O–H groups in total. The van der Waals surface area contributed by atoms with Gasteiger partial charge in [0.25, 0.3) is 11.9 Å². The zero-order valence-corrected chi connectivity index (χ0v) is 17.4. The molecule has 7 nitrogen and oxygen atoms in total. The van der Waals surface area contributed by atoms with Crippen LogP contribution in [0.5, 0.6) is 11.7 Å². The first-order valence-corrected chi connectivity index (χ1v) is 10.6. The number of hydrogen-bond donors (Lipinski definition) is 1. The number of esters is 1. The molecule has 1 aromatic heterocycles. The number of aromatic hydroxyl groups is 1. The second-order valence-electron chi connectivity index (χ2n) is 8.33. The number of carbonyl (C=O) groups excluding carboxylic acids is 3. The quantitative estimate of drug-likeness (QED) is 0.273. The number of carbonyl (C=O) groups is 3. The van der Waals surface area contributed by atoms with Gasteiger partial charge < -0.3 is 14.3 Å². The molecule has 34 heavy (non-hydrogen) atoms. The van der Waals surface area contributed by atoms with Gasteiger partial charge in [0.05, 0.1) is 22.1 Å². The minimum atomic E-state index is -0.626. The van der Waals surface area contributed by atoms with Gasteiger partial charge in [0, 0.05) is 28.2 Å². The lowest BCUT2D eigenvalue weighted by Crippen LogP contribution is -2.22. The summed E-state index contributed by atoms with van der Waals surface area (Å²) < 4.78 is 11.1. The van der Waals surface area contributed by atoms with E-state index >= 15 is 0 Å². The van der Waals surface area contributed by atoms with Crippen LogP contribution in [-0.4, -0.2) is 22.8 Å². The number of allylic oxidation sites excluding steroid dienone is 1. The third-order valence-corrected chi connectivity index (χ3v) is 6.47. The van der Waals surface area contributed by atoms with E-state index in [4.69, 9.17) is 9.15 Å². The van der Waals surface area contributed by atoms with E-state index in [0.717, 1.165) is 5.56 Å². The predicted molar refractivity (Wildman–Crippen MR) is 120 cm³/mol. The maximum Gasteiger partial charge on any atom is 0.345 e. The van der Waals surface area contributed by atoms with Crippen molar-refractivity contribution in [2.75, 3.05) is 0 Å². The van der Waals surface area contributed by atoms with Crippen molar-refractivity contribution < 1.29 is 28.6 Å². The maximum absolute atomic E-state index is 12.9. The number of ketones is 1. The van der Waals surface area contributed by atoms with Crippen LogP contribution in [0.3, 0.4) is 0 Å². The van der Waals surface area contributed by atoms with Gasteiger partial charge in [0.2, 0.25) is 0 Å². The van der Waals surface area contributed by atoms with Crippen molar-refractivity contribution in [3.05, 3.63) is 93.5 Å². The first-order chi connectivity index (χ1) is 16.5. The average Bonchev–Trinajstić information content (AvgIpc) is 3.51. The van der Waals surface area contributed by atoms with Crippen molar-refractivity contribution in [2.24, 2.45) is 4.99 Å². The van der Waals surface area contributed by atoms with Crippen LogP contribution in [0.25, 0.3) is 27.7 Å². The Labute approximate surface area is 190 Å². The lowest BCUT2D eigenvalue weighted by atomic mass is 9.94. The van der Waals surface area contributed by atoms with Crippen LogP contribution in [0.2, 0.25) is 0 Å².